The molecule has 0 unspecified atom stereocenters. The summed E-state index contributed by atoms with van der Waals surface area (Å²) >= 11 is 0. The van der Waals surface area contributed by atoms with Crippen LogP contribution in [0, 0.1) is 10.1 Å². The van der Waals surface area contributed by atoms with Crippen molar-refractivity contribution in [1.82, 2.24) is 0 Å². The number of esters is 1. The first-order valence-corrected chi connectivity index (χ1v) is 10.2. The number of hydrogen-bond donors (Lipinski definition) is 0. The van der Waals surface area contributed by atoms with Crippen LogP contribution in [0.2, 0.25) is 0 Å². The Morgan fingerprint density at radius 1 is 1.00 bits per heavy atom. The zero-order valence-corrected chi connectivity index (χ0v) is 17.4. The van der Waals surface area contributed by atoms with Gasteiger partial charge in [-0.2, -0.15) is 0 Å². The molecule has 0 spiro atoms. The molecule has 4 aromatic rings. The van der Waals surface area contributed by atoms with Crippen molar-refractivity contribution in [3.8, 4) is 16.9 Å². The lowest BCUT2D eigenvalue weighted by molar-refractivity contribution is -0.400. The van der Waals surface area contributed by atoms with E-state index < -0.39 is 4.92 Å². The van der Waals surface area contributed by atoms with Gasteiger partial charge >= 0.3 is 11.9 Å². The average Bonchev–Trinajstić information content (AvgIpc) is 3.18. The molecule has 7 heteroatoms. The second kappa shape index (κ2) is 9.34. The average molecular weight is 431 g/mol. The molecular weight excluding hydrogens is 410 g/mol. The van der Waals surface area contributed by atoms with E-state index in [-0.39, 0.29) is 24.9 Å². The summed E-state index contributed by atoms with van der Waals surface area (Å²) in [6.45, 7) is 2.41. The smallest absolute Gasteiger partial charge is 0.442 e. The van der Waals surface area contributed by atoms with Gasteiger partial charge in [-0.1, -0.05) is 48.5 Å². The van der Waals surface area contributed by atoms with Crippen molar-refractivity contribution in [3.63, 3.8) is 0 Å². The highest BCUT2D eigenvalue weighted by Gasteiger charge is 2.25. The van der Waals surface area contributed by atoms with Crippen LogP contribution in [0.15, 0.2) is 77.2 Å². The van der Waals surface area contributed by atoms with Crippen molar-refractivity contribution in [2.45, 2.75) is 20.0 Å². The van der Waals surface area contributed by atoms with Crippen LogP contribution in [0.4, 0.5) is 5.88 Å². The molecule has 0 N–H and O–H groups in total. The summed E-state index contributed by atoms with van der Waals surface area (Å²) < 4.78 is 16.3. The first kappa shape index (κ1) is 21.1. The first-order valence-electron chi connectivity index (χ1n) is 10.2. The number of benzene rings is 3. The predicted octanol–water partition coefficient (Wildman–Crippen LogP) is 5.69. The highest BCUT2D eigenvalue weighted by atomic mass is 16.6. The fourth-order valence-corrected chi connectivity index (χ4v) is 3.48. The SMILES string of the molecule is CCOC(=O)Cc1ccc(OCc2ccc3oc([N+](=O)[O-])c(-c4ccccc4)c3c2)cc1. The van der Waals surface area contributed by atoms with Crippen LogP contribution >= 0.6 is 0 Å². The Balaban J connectivity index is 1.54. The zero-order valence-electron chi connectivity index (χ0n) is 17.4. The van der Waals surface area contributed by atoms with Gasteiger partial charge in [0.2, 0.25) is 0 Å². The molecule has 1 aromatic heterocycles. The van der Waals surface area contributed by atoms with Crippen molar-refractivity contribution in [2.24, 2.45) is 0 Å². The molecule has 4 rings (SSSR count). The molecule has 3 aromatic carbocycles. The van der Waals surface area contributed by atoms with E-state index >= 15 is 0 Å². The number of nitro groups is 1. The largest absolute Gasteiger partial charge is 0.489 e. The van der Waals surface area contributed by atoms with Crippen LogP contribution in [0.1, 0.15) is 18.1 Å². The lowest BCUT2D eigenvalue weighted by Crippen LogP contribution is -2.07. The summed E-state index contributed by atoms with van der Waals surface area (Å²) in [7, 11) is 0. The third-order valence-corrected chi connectivity index (χ3v) is 4.94. The molecule has 0 saturated heterocycles. The van der Waals surface area contributed by atoms with Crippen LogP contribution < -0.4 is 4.74 Å². The predicted molar refractivity (Wildman–Crippen MR) is 119 cm³/mol. The molecule has 162 valence electrons. The van der Waals surface area contributed by atoms with Crippen LogP contribution in [-0.4, -0.2) is 17.5 Å². The Morgan fingerprint density at radius 2 is 1.72 bits per heavy atom. The van der Waals surface area contributed by atoms with Crippen molar-refractivity contribution < 1.29 is 23.6 Å². The minimum atomic E-state index is -0.504. The molecule has 0 bridgehead atoms. The van der Waals surface area contributed by atoms with Gasteiger partial charge in [0.1, 0.15) is 28.4 Å². The second-order valence-electron chi connectivity index (χ2n) is 7.15. The summed E-state index contributed by atoms with van der Waals surface area (Å²) in [5.74, 6) is 0.110. The molecule has 0 radical (unpaired) electrons. The fraction of sp³-hybridized carbons (Fsp3) is 0.160. The zero-order chi connectivity index (χ0) is 22.5. The molecule has 0 fully saturated rings. The fourth-order valence-electron chi connectivity index (χ4n) is 3.48. The maximum Gasteiger partial charge on any atom is 0.442 e. The number of carbonyl (C=O) groups is 1. The number of carbonyl (C=O) groups excluding carboxylic acids is 1. The van der Waals surface area contributed by atoms with Crippen LogP contribution in [0.3, 0.4) is 0 Å². The van der Waals surface area contributed by atoms with E-state index in [1.165, 1.54) is 0 Å². The molecule has 32 heavy (non-hydrogen) atoms. The Hall–Kier alpha value is -4.13. The molecule has 0 saturated carbocycles. The number of fused-ring (bicyclic) bond motifs is 1. The number of furan rings is 1. The molecule has 1 heterocycles. The Labute approximate surface area is 184 Å². The minimum Gasteiger partial charge on any atom is -0.489 e. The lowest BCUT2D eigenvalue weighted by Gasteiger charge is -2.08. The third-order valence-electron chi connectivity index (χ3n) is 4.94. The normalized spacial score (nSPS) is 10.8. The number of rotatable bonds is 8. The van der Waals surface area contributed by atoms with Crippen molar-refractivity contribution in [3.05, 3.63) is 94.0 Å². The van der Waals surface area contributed by atoms with Gasteiger partial charge in [-0.25, -0.2) is 0 Å². The summed E-state index contributed by atoms with van der Waals surface area (Å²) in [5, 5.41) is 12.2. The summed E-state index contributed by atoms with van der Waals surface area (Å²) in [6.07, 6.45) is 0.215. The van der Waals surface area contributed by atoms with Crippen molar-refractivity contribution >= 4 is 22.8 Å². The van der Waals surface area contributed by atoms with Crippen LogP contribution in [-0.2, 0) is 22.6 Å². The maximum absolute atomic E-state index is 11.6. The molecule has 0 atom stereocenters. The molecule has 0 aliphatic rings. The quantitative estimate of drug-likeness (QED) is 0.202. The van der Waals surface area contributed by atoms with E-state index in [1.807, 2.05) is 54.6 Å². The summed E-state index contributed by atoms with van der Waals surface area (Å²) in [5.41, 5.74) is 3.31. The highest BCUT2D eigenvalue weighted by molar-refractivity contribution is 5.98. The molecule has 0 aliphatic heterocycles. The number of nitrogens with zero attached hydrogens (tertiary/aromatic N) is 1. The minimum absolute atomic E-state index is 0.215. The molecule has 0 amide bonds. The summed E-state index contributed by atoms with van der Waals surface area (Å²) in [4.78, 5) is 22.6. The Kier molecular flexibility index (Phi) is 6.17. The van der Waals surface area contributed by atoms with Gasteiger partial charge in [0.05, 0.1) is 13.0 Å². The molecule has 0 aliphatic carbocycles. The molecular formula is C25H21NO6. The van der Waals surface area contributed by atoms with Gasteiger partial charge in [-0.15, -0.1) is 0 Å². The van der Waals surface area contributed by atoms with E-state index in [1.54, 1.807) is 25.1 Å². The Bertz CT molecular complexity index is 1240. The van der Waals surface area contributed by atoms with E-state index in [4.69, 9.17) is 13.9 Å². The standard InChI is InChI=1S/C25H21NO6/c1-2-30-23(27)15-17-8-11-20(12-9-17)31-16-18-10-13-22-21(14-18)24(25(32-22)26(28)29)19-6-4-3-5-7-19/h3-14H,2,15-16H2,1H3. The first-order chi connectivity index (χ1) is 15.5. The van der Waals surface area contributed by atoms with Gasteiger partial charge in [0, 0.05) is 5.39 Å². The monoisotopic (exact) mass is 431 g/mol. The van der Waals surface area contributed by atoms with Crippen molar-refractivity contribution in [2.75, 3.05) is 6.61 Å². The number of ether oxygens (including phenoxy) is 2. The van der Waals surface area contributed by atoms with Gasteiger partial charge in [0.25, 0.3) is 0 Å². The van der Waals surface area contributed by atoms with E-state index in [2.05, 4.69) is 0 Å². The highest BCUT2D eigenvalue weighted by Crippen LogP contribution is 2.40. The van der Waals surface area contributed by atoms with Crippen molar-refractivity contribution in [1.29, 1.82) is 0 Å². The van der Waals surface area contributed by atoms with Gasteiger partial charge in [-0.05, 0) is 47.9 Å². The number of hydrogen-bond acceptors (Lipinski definition) is 6. The van der Waals surface area contributed by atoms with E-state index in [0.717, 1.165) is 11.1 Å². The third kappa shape index (κ3) is 4.62. The topological polar surface area (TPSA) is 91.8 Å². The van der Waals surface area contributed by atoms with Gasteiger partial charge in [-0.3, -0.25) is 14.9 Å². The second-order valence-corrected chi connectivity index (χ2v) is 7.15. The summed E-state index contributed by atoms with van der Waals surface area (Å²) in [6, 6.07) is 21.8. The van der Waals surface area contributed by atoms with Gasteiger partial charge < -0.3 is 13.9 Å². The van der Waals surface area contributed by atoms with E-state index in [0.29, 0.717) is 34.5 Å². The van der Waals surface area contributed by atoms with Crippen LogP contribution in [0.25, 0.3) is 22.1 Å². The molecule has 7 nitrogen and oxygen atoms in total. The van der Waals surface area contributed by atoms with E-state index in [9.17, 15) is 14.9 Å². The lowest BCUT2D eigenvalue weighted by atomic mass is 10.0. The maximum atomic E-state index is 11.6. The Morgan fingerprint density at radius 3 is 2.41 bits per heavy atom. The van der Waals surface area contributed by atoms with Gasteiger partial charge in [0.15, 0.2) is 0 Å². The van der Waals surface area contributed by atoms with Crippen LogP contribution in [0.5, 0.6) is 5.75 Å².